The number of unbranched alkanes of at least 4 members (excludes halogenated alkanes) is 3. The van der Waals surface area contributed by atoms with Crippen LogP contribution in [0.25, 0.3) is 0 Å². The molecule has 0 radical (unpaired) electrons. The number of allylic oxidation sites excluding steroid dienone is 2. The molecule has 16 heavy (non-hydrogen) atoms. The van der Waals surface area contributed by atoms with Crippen molar-refractivity contribution in [2.24, 2.45) is 5.41 Å². The normalized spacial score (nSPS) is 19.6. The number of hydrogen-bond acceptors (Lipinski definition) is 1. The molecule has 0 aromatic heterocycles. The number of carbonyl (C=O) groups is 1. The highest BCUT2D eigenvalue weighted by Gasteiger charge is 2.26. The molecule has 0 N–H and O–H groups in total. The number of rotatable bonds is 6. The van der Waals surface area contributed by atoms with Crippen LogP contribution in [-0.4, -0.2) is 13.6 Å². The van der Waals surface area contributed by atoms with Crippen LogP contribution in [0.5, 0.6) is 0 Å². The SMILES string of the molecule is BCCCCCCC1=CC(=O)CC(C)(C)C1. The van der Waals surface area contributed by atoms with E-state index in [9.17, 15) is 4.79 Å². The average Bonchev–Trinajstić information content (AvgIpc) is 2.14. The van der Waals surface area contributed by atoms with E-state index in [0.717, 1.165) is 19.3 Å². The second kappa shape index (κ2) is 6.27. The van der Waals surface area contributed by atoms with Gasteiger partial charge in [0.05, 0.1) is 0 Å². The van der Waals surface area contributed by atoms with Gasteiger partial charge in [0.15, 0.2) is 5.78 Å². The summed E-state index contributed by atoms with van der Waals surface area (Å²) in [7, 11) is 2.24. The Balaban J connectivity index is 2.28. The lowest BCUT2D eigenvalue weighted by Crippen LogP contribution is -2.21. The van der Waals surface area contributed by atoms with E-state index in [4.69, 9.17) is 0 Å². The lowest BCUT2D eigenvalue weighted by molar-refractivity contribution is -0.117. The van der Waals surface area contributed by atoms with Crippen LogP contribution >= 0.6 is 0 Å². The van der Waals surface area contributed by atoms with Gasteiger partial charge < -0.3 is 0 Å². The average molecular weight is 220 g/mol. The maximum absolute atomic E-state index is 11.5. The molecule has 0 aliphatic heterocycles. The lowest BCUT2D eigenvalue weighted by Gasteiger charge is -2.28. The molecule has 0 amide bonds. The first kappa shape index (κ1) is 13.5. The molecule has 2 heteroatoms. The molecule has 1 nitrogen and oxygen atoms in total. The molecule has 0 fully saturated rings. The van der Waals surface area contributed by atoms with Gasteiger partial charge in [-0.25, -0.2) is 0 Å². The molecule has 0 aromatic carbocycles. The van der Waals surface area contributed by atoms with Gasteiger partial charge in [0, 0.05) is 6.42 Å². The molecular formula is C14H25BO. The first-order valence-electron chi connectivity index (χ1n) is 6.76. The van der Waals surface area contributed by atoms with Gasteiger partial charge in [0.25, 0.3) is 0 Å². The standard InChI is InChI=1S/C14H25BO/c1-14(2)10-12(9-13(16)11-14)7-5-3-4-6-8-15/h9H,3-8,10-11,15H2,1-2H3. The zero-order chi connectivity index (χ0) is 12.0. The fourth-order valence-corrected chi connectivity index (χ4v) is 2.59. The van der Waals surface area contributed by atoms with Gasteiger partial charge in [-0.3, -0.25) is 4.79 Å². The third-order valence-electron chi connectivity index (χ3n) is 3.32. The van der Waals surface area contributed by atoms with Crippen molar-refractivity contribution < 1.29 is 4.79 Å². The molecule has 0 saturated carbocycles. The van der Waals surface area contributed by atoms with E-state index >= 15 is 0 Å². The molecule has 0 heterocycles. The third kappa shape index (κ3) is 5.00. The van der Waals surface area contributed by atoms with Crippen LogP contribution in [0.4, 0.5) is 0 Å². The smallest absolute Gasteiger partial charge is 0.156 e. The van der Waals surface area contributed by atoms with Crippen molar-refractivity contribution in [3.8, 4) is 0 Å². The minimum absolute atomic E-state index is 0.199. The van der Waals surface area contributed by atoms with Gasteiger partial charge in [-0.1, -0.05) is 45.0 Å². The number of hydrogen-bond donors (Lipinski definition) is 0. The Morgan fingerprint density at radius 3 is 2.50 bits per heavy atom. The summed E-state index contributed by atoms with van der Waals surface area (Å²) >= 11 is 0. The van der Waals surface area contributed by atoms with Crippen molar-refractivity contribution in [2.45, 2.75) is 65.1 Å². The molecule has 0 saturated heterocycles. The topological polar surface area (TPSA) is 17.1 Å². The fraction of sp³-hybridized carbons (Fsp3) is 0.786. The minimum Gasteiger partial charge on any atom is -0.295 e. The summed E-state index contributed by atoms with van der Waals surface area (Å²) in [6.45, 7) is 4.41. The predicted molar refractivity (Wildman–Crippen MR) is 72.5 cm³/mol. The maximum atomic E-state index is 11.5. The van der Waals surface area contributed by atoms with E-state index in [-0.39, 0.29) is 5.41 Å². The van der Waals surface area contributed by atoms with Crippen LogP contribution in [0.2, 0.25) is 6.32 Å². The van der Waals surface area contributed by atoms with Gasteiger partial charge >= 0.3 is 0 Å². The third-order valence-corrected chi connectivity index (χ3v) is 3.32. The van der Waals surface area contributed by atoms with Crippen LogP contribution in [0.1, 0.15) is 58.8 Å². The first-order chi connectivity index (χ1) is 7.53. The highest BCUT2D eigenvalue weighted by molar-refractivity contribution is 6.08. The second-order valence-corrected chi connectivity index (χ2v) is 5.95. The minimum atomic E-state index is 0.199. The molecule has 0 atom stereocenters. The summed E-state index contributed by atoms with van der Waals surface area (Å²) in [5.74, 6) is 0.333. The molecule has 0 bridgehead atoms. The van der Waals surface area contributed by atoms with Crippen LogP contribution in [0.3, 0.4) is 0 Å². The molecule has 1 aliphatic carbocycles. The number of ketones is 1. The van der Waals surface area contributed by atoms with Crippen LogP contribution in [0.15, 0.2) is 11.6 Å². The molecule has 0 unspecified atom stereocenters. The zero-order valence-corrected chi connectivity index (χ0v) is 11.1. The van der Waals surface area contributed by atoms with Gasteiger partial charge in [-0.05, 0) is 30.8 Å². The highest BCUT2D eigenvalue weighted by Crippen LogP contribution is 2.35. The van der Waals surface area contributed by atoms with E-state index in [2.05, 4.69) is 21.7 Å². The molecule has 1 rings (SSSR count). The highest BCUT2D eigenvalue weighted by atomic mass is 16.1. The van der Waals surface area contributed by atoms with Crippen molar-refractivity contribution in [1.29, 1.82) is 0 Å². The van der Waals surface area contributed by atoms with Crippen LogP contribution in [0, 0.1) is 5.41 Å². The molecule has 1 aliphatic rings. The summed E-state index contributed by atoms with van der Waals surface area (Å²) in [5.41, 5.74) is 1.59. The largest absolute Gasteiger partial charge is 0.295 e. The summed E-state index contributed by atoms with van der Waals surface area (Å²) in [6.07, 6.45) is 11.5. The van der Waals surface area contributed by atoms with Crippen molar-refractivity contribution in [3.63, 3.8) is 0 Å². The van der Waals surface area contributed by atoms with E-state index < -0.39 is 0 Å². The number of carbonyl (C=O) groups excluding carboxylic acids is 1. The van der Waals surface area contributed by atoms with Gasteiger partial charge in [-0.2, -0.15) is 0 Å². The Hall–Kier alpha value is -0.525. The molecule has 0 spiro atoms. The van der Waals surface area contributed by atoms with Crippen molar-refractivity contribution in [1.82, 2.24) is 0 Å². The Morgan fingerprint density at radius 1 is 1.19 bits per heavy atom. The summed E-state index contributed by atoms with van der Waals surface area (Å²) in [4.78, 5) is 11.5. The second-order valence-electron chi connectivity index (χ2n) is 5.95. The zero-order valence-electron chi connectivity index (χ0n) is 11.1. The van der Waals surface area contributed by atoms with Gasteiger partial charge in [-0.15, -0.1) is 0 Å². The monoisotopic (exact) mass is 220 g/mol. The van der Waals surface area contributed by atoms with Crippen LogP contribution < -0.4 is 0 Å². The predicted octanol–water partition coefficient (Wildman–Crippen LogP) is 3.30. The Bertz CT molecular complexity index is 266. The summed E-state index contributed by atoms with van der Waals surface area (Å²) < 4.78 is 0. The van der Waals surface area contributed by atoms with Crippen LogP contribution in [-0.2, 0) is 4.79 Å². The first-order valence-corrected chi connectivity index (χ1v) is 6.76. The maximum Gasteiger partial charge on any atom is 0.156 e. The lowest BCUT2D eigenvalue weighted by atomic mass is 9.76. The van der Waals surface area contributed by atoms with E-state index in [1.165, 1.54) is 37.6 Å². The molecular weight excluding hydrogens is 195 g/mol. The fourth-order valence-electron chi connectivity index (χ4n) is 2.59. The quantitative estimate of drug-likeness (QED) is 0.495. The van der Waals surface area contributed by atoms with E-state index in [1.807, 2.05) is 6.08 Å². The van der Waals surface area contributed by atoms with E-state index in [1.54, 1.807) is 0 Å². The Kier molecular flexibility index (Phi) is 5.31. The summed E-state index contributed by atoms with van der Waals surface area (Å²) in [6, 6.07) is 0. The Morgan fingerprint density at radius 2 is 1.88 bits per heavy atom. The van der Waals surface area contributed by atoms with Gasteiger partial charge in [0.1, 0.15) is 7.85 Å². The molecule has 90 valence electrons. The van der Waals surface area contributed by atoms with Crippen molar-refractivity contribution in [2.75, 3.05) is 0 Å². The molecule has 0 aromatic rings. The summed E-state index contributed by atoms with van der Waals surface area (Å²) in [5, 5.41) is 0. The van der Waals surface area contributed by atoms with Crippen molar-refractivity contribution >= 4 is 13.6 Å². The van der Waals surface area contributed by atoms with E-state index in [0.29, 0.717) is 5.78 Å². The Labute approximate surface area is 101 Å². The van der Waals surface area contributed by atoms with Gasteiger partial charge in [0.2, 0.25) is 0 Å². The van der Waals surface area contributed by atoms with Crippen molar-refractivity contribution in [3.05, 3.63) is 11.6 Å².